The summed E-state index contributed by atoms with van der Waals surface area (Å²) < 4.78 is 13.6. The highest BCUT2D eigenvalue weighted by molar-refractivity contribution is 6.30. The molecule has 0 bridgehead atoms. The fourth-order valence-electron chi connectivity index (χ4n) is 11.0. The van der Waals surface area contributed by atoms with Gasteiger partial charge in [0.2, 0.25) is 0 Å². The highest BCUT2D eigenvalue weighted by Crippen LogP contribution is 2.52. The topological polar surface area (TPSA) is 71.7 Å². The second-order valence-corrected chi connectivity index (χ2v) is 19.2. The third-order valence-corrected chi connectivity index (χ3v) is 14.3. The van der Waals surface area contributed by atoms with Gasteiger partial charge in [0.05, 0.1) is 28.3 Å². The number of nitrogens with two attached hydrogens (primary N) is 1. The predicted octanol–water partition coefficient (Wildman–Crippen LogP) is 18.0. The predicted molar refractivity (Wildman–Crippen MR) is 295 cm³/mol. The SMILES string of the molecule is CC(C)c1cc(N(/C(N)=C/C=C2/C=CC=CC2)c2cccc3c2oc2ccccc23)c2ccc3c(C(C)C)cc(N(c4ccc5ccccc5n4)c4cccc5c4oc4ccccc45)c4ccc1c2c34. The fraction of sp³-hybridized carbons (Fsp3) is 0.109. The third kappa shape index (κ3) is 6.51. The van der Waals surface area contributed by atoms with Crippen molar-refractivity contribution in [1.82, 2.24) is 4.98 Å². The Bertz CT molecular complexity index is 4200. The van der Waals surface area contributed by atoms with Gasteiger partial charge < -0.3 is 14.6 Å². The number of allylic oxidation sites excluding steroid dienone is 7. The maximum Gasteiger partial charge on any atom is 0.159 e. The van der Waals surface area contributed by atoms with Crippen molar-refractivity contribution in [3.63, 3.8) is 0 Å². The molecule has 0 aliphatic heterocycles. The molecule has 12 aromatic rings. The van der Waals surface area contributed by atoms with Crippen molar-refractivity contribution >= 4 is 116 Å². The first-order valence-electron chi connectivity index (χ1n) is 24.3. The number of pyridine rings is 1. The van der Waals surface area contributed by atoms with Crippen LogP contribution in [-0.2, 0) is 0 Å². The van der Waals surface area contributed by atoms with Crippen molar-refractivity contribution < 1.29 is 8.83 Å². The quantitative estimate of drug-likeness (QED) is 0.146. The first-order chi connectivity index (χ1) is 34.3. The molecule has 0 radical (unpaired) electrons. The second kappa shape index (κ2) is 16.3. The van der Waals surface area contributed by atoms with Crippen LogP contribution in [0.15, 0.2) is 214 Å². The number of nitrogens with zero attached hydrogens (tertiary/aromatic N) is 3. The molecule has 0 saturated carbocycles. The molecule has 0 atom stereocenters. The van der Waals surface area contributed by atoms with Gasteiger partial charge in [-0.2, -0.15) is 0 Å². The Morgan fingerprint density at radius 1 is 0.543 bits per heavy atom. The molecule has 9 aromatic carbocycles. The molecule has 3 heterocycles. The maximum absolute atomic E-state index is 7.49. The lowest BCUT2D eigenvalue weighted by atomic mass is 9.84. The Morgan fingerprint density at radius 3 is 1.77 bits per heavy atom. The highest BCUT2D eigenvalue weighted by Gasteiger charge is 2.29. The van der Waals surface area contributed by atoms with Crippen LogP contribution in [0.2, 0.25) is 0 Å². The number of fused-ring (bicyclic) bond motifs is 7. The summed E-state index contributed by atoms with van der Waals surface area (Å²) in [5.74, 6) is 1.77. The Kier molecular flexibility index (Phi) is 9.67. The van der Waals surface area contributed by atoms with Gasteiger partial charge in [-0.05, 0) is 117 Å². The average molecular weight is 907 g/mol. The zero-order valence-corrected chi connectivity index (χ0v) is 39.6. The lowest BCUT2D eigenvalue weighted by Crippen LogP contribution is -2.23. The number of rotatable bonds is 9. The van der Waals surface area contributed by atoms with E-state index in [0.717, 1.165) is 101 Å². The Morgan fingerprint density at radius 2 is 1.11 bits per heavy atom. The molecule has 3 aromatic heterocycles. The molecule has 338 valence electrons. The monoisotopic (exact) mass is 906 g/mol. The van der Waals surface area contributed by atoms with Gasteiger partial charge in [-0.15, -0.1) is 0 Å². The molecule has 1 aliphatic carbocycles. The maximum atomic E-state index is 7.49. The van der Waals surface area contributed by atoms with Crippen molar-refractivity contribution in [2.45, 2.75) is 46.0 Å². The van der Waals surface area contributed by atoms with Crippen molar-refractivity contribution in [3.8, 4) is 0 Å². The van der Waals surface area contributed by atoms with Crippen LogP contribution >= 0.6 is 0 Å². The molecule has 13 rings (SSSR count). The Balaban J connectivity index is 1.14. The van der Waals surface area contributed by atoms with E-state index in [-0.39, 0.29) is 11.8 Å². The molecule has 0 spiro atoms. The minimum atomic E-state index is 0.187. The van der Waals surface area contributed by atoms with Gasteiger partial charge in [-0.25, -0.2) is 4.98 Å². The average Bonchev–Trinajstić information content (AvgIpc) is 3.98. The van der Waals surface area contributed by atoms with Gasteiger partial charge in [0.25, 0.3) is 0 Å². The molecule has 70 heavy (non-hydrogen) atoms. The fourth-order valence-corrected chi connectivity index (χ4v) is 11.0. The van der Waals surface area contributed by atoms with Crippen LogP contribution in [0.3, 0.4) is 0 Å². The molecule has 1 aliphatic rings. The lowest BCUT2D eigenvalue weighted by molar-refractivity contribution is 0.668. The van der Waals surface area contributed by atoms with Gasteiger partial charge in [-0.3, -0.25) is 9.80 Å². The molecule has 0 fully saturated rings. The first-order valence-corrected chi connectivity index (χ1v) is 24.3. The van der Waals surface area contributed by atoms with Crippen molar-refractivity contribution in [2.75, 3.05) is 9.80 Å². The van der Waals surface area contributed by atoms with E-state index in [9.17, 15) is 0 Å². The number of furan rings is 2. The van der Waals surface area contributed by atoms with Gasteiger partial charge in [0.15, 0.2) is 11.2 Å². The zero-order chi connectivity index (χ0) is 47.2. The summed E-state index contributed by atoms with van der Waals surface area (Å²) in [6, 6.07) is 56.2. The van der Waals surface area contributed by atoms with Crippen molar-refractivity contribution in [1.29, 1.82) is 0 Å². The van der Waals surface area contributed by atoms with E-state index >= 15 is 0 Å². The van der Waals surface area contributed by atoms with Crippen LogP contribution in [0.5, 0.6) is 0 Å². The second-order valence-electron chi connectivity index (χ2n) is 19.2. The highest BCUT2D eigenvalue weighted by atomic mass is 16.3. The van der Waals surface area contributed by atoms with E-state index in [2.05, 4.69) is 213 Å². The summed E-state index contributed by atoms with van der Waals surface area (Å²) in [4.78, 5) is 9.98. The molecule has 2 N–H and O–H groups in total. The van der Waals surface area contributed by atoms with Crippen LogP contribution < -0.4 is 15.5 Å². The third-order valence-electron chi connectivity index (χ3n) is 14.3. The van der Waals surface area contributed by atoms with Crippen LogP contribution in [0.25, 0.3) is 87.1 Å². The van der Waals surface area contributed by atoms with Crippen LogP contribution in [0, 0.1) is 0 Å². The Hall–Kier alpha value is -8.61. The van der Waals surface area contributed by atoms with Crippen LogP contribution in [-0.4, -0.2) is 4.98 Å². The largest absolute Gasteiger partial charge is 0.454 e. The summed E-state index contributed by atoms with van der Waals surface area (Å²) in [5.41, 5.74) is 19.2. The number of aromatic nitrogens is 1. The minimum absolute atomic E-state index is 0.187. The summed E-state index contributed by atoms with van der Waals surface area (Å²) in [5, 5.41) is 12.4. The van der Waals surface area contributed by atoms with E-state index in [4.69, 9.17) is 19.6 Å². The molecular formula is C64H50N4O2. The van der Waals surface area contributed by atoms with E-state index in [1.165, 1.54) is 38.2 Å². The summed E-state index contributed by atoms with van der Waals surface area (Å²) in [6.45, 7) is 9.18. The van der Waals surface area contributed by atoms with Gasteiger partial charge in [0, 0.05) is 37.7 Å². The van der Waals surface area contributed by atoms with Crippen LogP contribution in [0.1, 0.15) is 57.1 Å². The standard InChI is InChI=1S/C64H50N4O2/c1-38(2)50-36-55(67(59(65)34-28-40-16-6-5-7-17-40)53-24-14-21-46-42-19-9-12-26-57(42)69-63(46)53)48-32-30-45-51(39(3)4)37-56(49-33-31-44(50)61(48)62(45)49)68(60-35-29-41-18-8-11-23-52(41)66-60)54-25-15-22-47-43-20-10-13-27-58(43)70-64(47)54/h5-16,18-39H,17,65H2,1-4H3/b40-28-,59-34+. The smallest absolute Gasteiger partial charge is 0.159 e. The molecular weight excluding hydrogens is 857 g/mol. The normalized spacial score (nSPS) is 14.0. The summed E-state index contributed by atoms with van der Waals surface area (Å²) in [6.07, 6.45) is 13.5. The van der Waals surface area contributed by atoms with Gasteiger partial charge in [0.1, 0.15) is 22.8 Å². The molecule has 0 unspecified atom stereocenters. The van der Waals surface area contributed by atoms with Gasteiger partial charge in [-0.1, -0.05) is 161 Å². The minimum Gasteiger partial charge on any atom is -0.454 e. The number of hydrogen-bond acceptors (Lipinski definition) is 6. The number of benzene rings is 9. The van der Waals surface area contributed by atoms with E-state index in [1.54, 1.807) is 0 Å². The number of hydrogen-bond donors (Lipinski definition) is 1. The Labute approximate surface area is 405 Å². The summed E-state index contributed by atoms with van der Waals surface area (Å²) in [7, 11) is 0. The first kappa shape index (κ1) is 41.6. The summed E-state index contributed by atoms with van der Waals surface area (Å²) >= 11 is 0. The lowest BCUT2D eigenvalue weighted by Gasteiger charge is -2.31. The van der Waals surface area contributed by atoms with Crippen molar-refractivity contribution in [2.24, 2.45) is 5.73 Å². The number of para-hydroxylation sites is 5. The van der Waals surface area contributed by atoms with E-state index < -0.39 is 0 Å². The van der Waals surface area contributed by atoms with Crippen molar-refractivity contribution in [3.05, 3.63) is 217 Å². The zero-order valence-electron chi connectivity index (χ0n) is 39.6. The molecule has 0 amide bonds. The molecule has 6 heteroatoms. The van der Waals surface area contributed by atoms with Crippen LogP contribution in [0.4, 0.5) is 28.6 Å². The molecule has 0 saturated heterocycles. The van der Waals surface area contributed by atoms with Gasteiger partial charge >= 0.3 is 0 Å². The number of anilines is 5. The van der Waals surface area contributed by atoms with E-state index in [1.807, 2.05) is 18.2 Å². The van der Waals surface area contributed by atoms with E-state index in [0.29, 0.717) is 5.82 Å². The molecule has 6 nitrogen and oxygen atoms in total.